The van der Waals surface area contributed by atoms with E-state index in [0.29, 0.717) is 43.9 Å². The molecule has 0 saturated carbocycles. The Morgan fingerprint density at radius 1 is 1.30 bits per heavy atom. The third kappa shape index (κ3) is 3.01. The molecule has 4 rings (SSSR count). The van der Waals surface area contributed by atoms with Crippen LogP contribution in [0.5, 0.6) is 0 Å². The predicted octanol–water partition coefficient (Wildman–Crippen LogP) is 0.798. The number of rotatable bonds is 2. The Morgan fingerprint density at radius 3 is 2.67 bits per heavy atom. The number of imidazole rings is 1. The van der Waals surface area contributed by atoms with Crippen molar-refractivity contribution in [1.29, 1.82) is 0 Å². The van der Waals surface area contributed by atoms with Crippen LogP contribution in [0, 0.1) is 6.92 Å². The number of likely N-dealkylation sites (N-methyl/N-ethyl adjacent to an activating group) is 1. The van der Waals surface area contributed by atoms with Gasteiger partial charge < -0.3 is 23.6 Å². The molecule has 1 fully saturated rings. The van der Waals surface area contributed by atoms with Crippen molar-refractivity contribution in [2.45, 2.75) is 38.0 Å². The summed E-state index contributed by atoms with van der Waals surface area (Å²) in [4.78, 5) is 32.9. The highest BCUT2D eigenvalue weighted by Crippen LogP contribution is 2.40. The van der Waals surface area contributed by atoms with Crippen LogP contribution in [0.15, 0.2) is 23.0 Å². The van der Waals surface area contributed by atoms with Crippen molar-refractivity contribution in [2.75, 3.05) is 27.2 Å². The molecule has 2 aliphatic rings. The minimum Gasteiger partial charge on any atom is -0.361 e. The fourth-order valence-electron chi connectivity index (χ4n) is 3.85. The van der Waals surface area contributed by atoms with Crippen molar-refractivity contribution >= 4 is 11.8 Å². The number of amides is 2. The van der Waals surface area contributed by atoms with E-state index in [1.165, 1.54) is 0 Å². The Kier molecular flexibility index (Phi) is 4.26. The van der Waals surface area contributed by atoms with Gasteiger partial charge in [-0.25, -0.2) is 4.98 Å². The molecule has 9 heteroatoms. The minimum atomic E-state index is -0.658. The maximum Gasteiger partial charge on any atom is 0.276 e. The standard InChI is InChI=1S/C18H23N5O4/c1-12-10-13(20-27-12)15(24)22-7-4-18(5-8-22)17-19-6-9-23(17)11-14(26-18)16(25)21(2)3/h6,9-10,14H,4-5,7-8,11H2,1-3H3. The first-order valence-electron chi connectivity index (χ1n) is 9.03. The average Bonchev–Trinajstić information content (AvgIpc) is 3.30. The SMILES string of the molecule is Cc1cc(C(=O)N2CCC3(CC2)OC(C(=O)N(C)C)Cn2ccnc23)no1. The zero-order valence-electron chi connectivity index (χ0n) is 15.7. The lowest BCUT2D eigenvalue weighted by Gasteiger charge is -2.45. The summed E-state index contributed by atoms with van der Waals surface area (Å²) in [7, 11) is 3.45. The Labute approximate surface area is 156 Å². The first kappa shape index (κ1) is 17.7. The highest BCUT2D eigenvalue weighted by atomic mass is 16.5. The highest BCUT2D eigenvalue weighted by Gasteiger charge is 2.48. The van der Waals surface area contributed by atoms with Crippen molar-refractivity contribution in [1.82, 2.24) is 24.5 Å². The first-order valence-corrected chi connectivity index (χ1v) is 9.03. The number of fused-ring (bicyclic) bond motifs is 2. The minimum absolute atomic E-state index is 0.0645. The van der Waals surface area contributed by atoms with Gasteiger partial charge in [0.05, 0.1) is 6.54 Å². The smallest absolute Gasteiger partial charge is 0.276 e. The van der Waals surface area contributed by atoms with Crippen molar-refractivity contribution in [3.05, 3.63) is 35.7 Å². The van der Waals surface area contributed by atoms with E-state index < -0.39 is 11.7 Å². The zero-order valence-corrected chi connectivity index (χ0v) is 15.7. The molecule has 0 bridgehead atoms. The van der Waals surface area contributed by atoms with Crippen LogP contribution in [-0.2, 0) is 21.7 Å². The molecule has 1 unspecified atom stereocenters. The van der Waals surface area contributed by atoms with Gasteiger partial charge in [0.15, 0.2) is 11.8 Å². The average molecular weight is 373 g/mol. The van der Waals surface area contributed by atoms with Gasteiger partial charge in [-0.1, -0.05) is 5.16 Å². The number of aromatic nitrogens is 3. The van der Waals surface area contributed by atoms with Gasteiger partial charge >= 0.3 is 0 Å². The monoisotopic (exact) mass is 373 g/mol. The molecule has 144 valence electrons. The molecule has 2 aromatic heterocycles. The van der Waals surface area contributed by atoms with Gasteiger partial charge in [0.1, 0.15) is 17.2 Å². The lowest BCUT2D eigenvalue weighted by Crippen LogP contribution is -2.54. The van der Waals surface area contributed by atoms with Crippen LogP contribution in [0.2, 0.25) is 0 Å². The molecular formula is C18H23N5O4. The molecule has 27 heavy (non-hydrogen) atoms. The van der Waals surface area contributed by atoms with Crippen LogP contribution in [0.25, 0.3) is 0 Å². The molecule has 2 aromatic rings. The molecule has 1 atom stereocenters. The second-order valence-electron chi connectivity index (χ2n) is 7.35. The number of aryl methyl sites for hydroxylation is 1. The molecule has 0 aromatic carbocycles. The largest absolute Gasteiger partial charge is 0.361 e. The van der Waals surface area contributed by atoms with Gasteiger partial charge in [-0.3, -0.25) is 9.59 Å². The number of ether oxygens (including phenoxy) is 1. The van der Waals surface area contributed by atoms with Gasteiger partial charge in [-0.15, -0.1) is 0 Å². The van der Waals surface area contributed by atoms with E-state index in [1.54, 1.807) is 43.1 Å². The van der Waals surface area contributed by atoms with Gasteiger partial charge in [-0.05, 0) is 6.92 Å². The lowest BCUT2D eigenvalue weighted by atomic mass is 9.88. The highest BCUT2D eigenvalue weighted by molar-refractivity contribution is 5.92. The summed E-state index contributed by atoms with van der Waals surface area (Å²) in [6.45, 7) is 3.21. The number of carbonyl (C=O) groups is 2. The van der Waals surface area contributed by atoms with Crippen LogP contribution in [0.3, 0.4) is 0 Å². The van der Waals surface area contributed by atoms with Crippen LogP contribution >= 0.6 is 0 Å². The van der Waals surface area contributed by atoms with E-state index in [0.717, 1.165) is 5.82 Å². The number of hydrogen-bond acceptors (Lipinski definition) is 6. The van der Waals surface area contributed by atoms with Crippen molar-refractivity contribution < 1.29 is 18.8 Å². The fraction of sp³-hybridized carbons (Fsp3) is 0.556. The van der Waals surface area contributed by atoms with E-state index in [9.17, 15) is 9.59 Å². The van der Waals surface area contributed by atoms with Gasteiger partial charge in [0, 0.05) is 58.5 Å². The molecule has 2 amide bonds. The van der Waals surface area contributed by atoms with E-state index in [4.69, 9.17) is 9.26 Å². The summed E-state index contributed by atoms with van der Waals surface area (Å²) < 4.78 is 13.3. The van der Waals surface area contributed by atoms with Crippen molar-refractivity contribution in [2.24, 2.45) is 0 Å². The molecule has 0 radical (unpaired) electrons. The molecule has 0 aliphatic carbocycles. The second kappa shape index (κ2) is 6.49. The lowest BCUT2D eigenvalue weighted by molar-refractivity contribution is -0.178. The summed E-state index contributed by atoms with van der Waals surface area (Å²) in [5.74, 6) is 1.22. The van der Waals surface area contributed by atoms with Crippen LogP contribution in [0.4, 0.5) is 0 Å². The molecule has 9 nitrogen and oxygen atoms in total. The topological polar surface area (TPSA) is 93.7 Å². The zero-order chi connectivity index (χ0) is 19.2. The molecule has 2 aliphatic heterocycles. The van der Waals surface area contributed by atoms with E-state index in [-0.39, 0.29) is 11.8 Å². The molecule has 1 spiro atoms. The number of hydrogen-bond donors (Lipinski definition) is 0. The van der Waals surface area contributed by atoms with Gasteiger partial charge in [0.2, 0.25) is 0 Å². The number of carbonyl (C=O) groups excluding carboxylic acids is 2. The van der Waals surface area contributed by atoms with Crippen LogP contribution in [0.1, 0.15) is 34.9 Å². The first-order chi connectivity index (χ1) is 12.9. The summed E-state index contributed by atoms with van der Waals surface area (Å²) >= 11 is 0. The number of likely N-dealkylation sites (tertiary alicyclic amines) is 1. The summed E-state index contributed by atoms with van der Waals surface area (Å²) in [6, 6.07) is 1.64. The Balaban J connectivity index is 1.54. The van der Waals surface area contributed by atoms with Crippen LogP contribution in [-0.4, -0.2) is 69.6 Å². The normalized spacial score (nSPS) is 21.1. The van der Waals surface area contributed by atoms with E-state index >= 15 is 0 Å². The second-order valence-corrected chi connectivity index (χ2v) is 7.35. The number of nitrogens with zero attached hydrogens (tertiary/aromatic N) is 5. The van der Waals surface area contributed by atoms with Gasteiger partial charge in [0.25, 0.3) is 11.8 Å². The molecular weight excluding hydrogens is 350 g/mol. The summed E-state index contributed by atoms with van der Waals surface area (Å²) in [6.07, 6.45) is 4.21. The van der Waals surface area contributed by atoms with Crippen molar-refractivity contribution in [3.8, 4) is 0 Å². The third-order valence-corrected chi connectivity index (χ3v) is 5.27. The Hall–Kier alpha value is -2.68. The van der Waals surface area contributed by atoms with E-state index in [2.05, 4.69) is 10.1 Å². The number of piperidine rings is 1. The third-order valence-electron chi connectivity index (χ3n) is 5.27. The molecule has 0 N–H and O–H groups in total. The maximum atomic E-state index is 12.6. The summed E-state index contributed by atoms with van der Waals surface area (Å²) in [5.41, 5.74) is -0.343. The van der Waals surface area contributed by atoms with Crippen molar-refractivity contribution in [3.63, 3.8) is 0 Å². The van der Waals surface area contributed by atoms with Gasteiger partial charge in [-0.2, -0.15) is 0 Å². The Bertz CT molecular complexity index is 863. The maximum absolute atomic E-state index is 12.6. The fourth-order valence-corrected chi connectivity index (χ4v) is 3.85. The Morgan fingerprint density at radius 2 is 2.04 bits per heavy atom. The van der Waals surface area contributed by atoms with E-state index in [1.807, 2.05) is 10.8 Å². The quantitative estimate of drug-likeness (QED) is 0.773. The summed E-state index contributed by atoms with van der Waals surface area (Å²) in [5, 5.41) is 3.81. The van der Waals surface area contributed by atoms with Crippen LogP contribution < -0.4 is 0 Å². The molecule has 4 heterocycles. The molecule has 1 saturated heterocycles. The predicted molar refractivity (Wildman–Crippen MR) is 93.8 cm³/mol.